The monoisotopic (exact) mass is 473 g/mol. The van der Waals surface area contributed by atoms with Gasteiger partial charge in [-0.3, -0.25) is 19.3 Å². The van der Waals surface area contributed by atoms with E-state index in [0.717, 1.165) is 17.0 Å². The van der Waals surface area contributed by atoms with Crippen LogP contribution in [0.2, 0.25) is 5.02 Å². The van der Waals surface area contributed by atoms with Crippen molar-refractivity contribution in [1.82, 2.24) is 4.90 Å². The van der Waals surface area contributed by atoms with E-state index in [1.54, 1.807) is 12.1 Å². The van der Waals surface area contributed by atoms with Crippen molar-refractivity contribution in [2.24, 2.45) is 0 Å². The van der Waals surface area contributed by atoms with Crippen LogP contribution in [0.1, 0.15) is 42.2 Å². The Hall–Kier alpha value is -3.65. The normalized spacial score (nSPS) is 13.3. The highest BCUT2D eigenvalue weighted by atomic mass is 35.5. The van der Waals surface area contributed by atoms with Crippen molar-refractivity contribution in [3.8, 4) is 5.75 Å². The van der Waals surface area contributed by atoms with Gasteiger partial charge in [0.25, 0.3) is 11.8 Å². The zero-order valence-electron chi connectivity index (χ0n) is 16.9. The van der Waals surface area contributed by atoms with Gasteiger partial charge >= 0.3 is 6.18 Å². The summed E-state index contributed by atoms with van der Waals surface area (Å²) >= 11 is 5.82. The van der Waals surface area contributed by atoms with Crippen LogP contribution in [0.4, 0.5) is 13.2 Å². The van der Waals surface area contributed by atoms with Gasteiger partial charge in [-0.25, -0.2) is 0 Å². The van der Waals surface area contributed by atoms with E-state index in [0.29, 0.717) is 11.1 Å². The Bertz CT molecular complexity index is 1220. The number of hydrogen-bond acceptors (Lipinski definition) is 4. The first kappa shape index (κ1) is 22.5. The molecule has 4 rings (SSSR count). The summed E-state index contributed by atoms with van der Waals surface area (Å²) in [5.74, 6) is -1.75. The summed E-state index contributed by atoms with van der Waals surface area (Å²) in [6.45, 7) is -0.348. The number of imide groups is 1. The number of rotatable bonds is 6. The van der Waals surface area contributed by atoms with Gasteiger partial charge in [-0.05, 0) is 54.6 Å². The standard InChI is InChI=1S/C24H15ClF3NO4/c25-16-8-5-14(6-9-16)21(30)19-13-15(24(26,27)28)7-10-20(19)33-12-11-29-22(31)17-3-1-2-4-18(17)23(29)32/h1-10,13H,11-12H2. The van der Waals surface area contributed by atoms with Gasteiger partial charge in [0.1, 0.15) is 12.4 Å². The van der Waals surface area contributed by atoms with Gasteiger partial charge in [0.15, 0.2) is 5.78 Å². The second-order valence-corrected chi connectivity index (χ2v) is 7.64. The maximum Gasteiger partial charge on any atom is 0.416 e. The Morgan fingerprint density at radius 1 is 0.909 bits per heavy atom. The molecule has 168 valence electrons. The minimum Gasteiger partial charge on any atom is -0.491 e. The second-order valence-electron chi connectivity index (χ2n) is 7.20. The van der Waals surface area contributed by atoms with Crippen molar-refractivity contribution >= 4 is 29.2 Å². The second kappa shape index (κ2) is 8.71. The number of ketones is 1. The summed E-state index contributed by atoms with van der Waals surface area (Å²) in [5, 5.41) is 0.369. The lowest BCUT2D eigenvalue weighted by Crippen LogP contribution is -2.33. The van der Waals surface area contributed by atoms with Gasteiger partial charge in [-0.2, -0.15) is 13.2 Å². The number of fused-ring (bicyclic) bond motifs is 1. The molecule has 0 N–H and O–H groups in total. The van der Waals surface area contributed by atoms with Gasteiger partial charge < -0.3 is 4.74 Å². The molecule has 3 aromatic carbocycles. The van der Waals surface area contributed by atoms with Crippen LogP contribution in [-0.2, 0) is 6.18 Å². The summed E-state index contributed by atoms with van der Waals surface area (Å²) in [6, 6.07) is 14.6. The van der Waals surface area contributed by atoms with E-state index < -0.39 is 29.3 Å². The van der Waals surface area contributed by atoms with Crippen molar-refractivity contribution in [2.75, 3.05) is 13.2 Å². The maximum atomic E-state index is 13.2. The van der Waals surface area contributed by atoms with Gasteiger partial charge in [0.05, 0.1) is 28.8 Å². The lowest BCUT2D eigenvalue weighted by Gasteiger charge is -2.17. The molecule has 0 fully saturated rings. The van der Waals surface area contributed by atoms with Gasteiger partial charge in [-0.15, -0.1) is 0 Å². The van der Waals surface area contributed by atoms with Crippen LogP contribution < -0.4 is 4.74 Å². The van der Waals surface area contributed by atoms with Crippen molar-refractivity contribution < 1.29 is 32.3 Å². The molecule has 1 aliphatic heterocycles. The summed E-state index contributed by atoms with van der Waals surface area (Å²) < 4.78 is 45.3. The highest BCUT2D eigenvalue weighted by molar-refractivity contribution is 6.30. The molecule has 2 amide bonds. The third-order valence-electron chi connectivity index (χ3n) is 5.11. The van der Waals surface area contributed by atoms with Crippen molar-refractivity contribution in [3.05, 3.63) is 99.6 Å². The van der Waals surface area contributed by atoms with Crippen LogP contribution >= 0.6 is 11.6 Å². The average molecular weight is 474 g/mol. The van der Waals surface area contributed by atoms with Crippen LogP contribution in [-0.4, -0.2) is 35.6 Å². The average Bonchev–Trinajstić information content (AvgIpc) is 3.03. The SMILES string of the molecule is O=C(c1ccc(Cl)cc1)c1cc(C(F)(F)F)ccc1OCCN1C(=O)c2ccccc2C1=O. The van der Waals surface area contributed by atoms with Gasteiger partial charge in [0.2, 0.25) is 0 Å². The van der Waals surface area contributed by atoms with Gasteiger partial charge in [-0.1, -0.05) is 23.7 Å². The molecule has 0 aliphatic carbocycles. The van der Waals surface area contributed by atoms with Crippen LogP contribution in [0.15, 0.2) is 66.7 Å². The largest absolute Gasteiger partial charge is 0.491 e. The van der Waals surface area contributed by atoms with Crippen LogP contribution in [0.5, 0.6) is 5.75 Å². The van der Waals surface area contributed by atoms with E-state index in [1.165, 1.54) is 36.4 Å². The molecule has 1 aliphatic rings. The fourth-order valence-electron chi connectivity index (χ4n) is 3.46. The Morgan fingerprint density at radius 2 is 1.52 bits per heavy atom. The minimum absolute atomic E-state index is 0.0976. The lowest BCUT2D eigenvalue weighted by molar-refractivity contribution is -0.137. The third-order valence-corrected chi connectivity index (χ3v) is 5.36. The number of amides is 2. The fraction of sp³-hybridized carbons (Fsp3) is 0.125. The van der Waals surface area contributed by atoms with Gasteiger partial charge in [0, 0.05) is 10.6 Å². The highest BCUT2D eigenvalue weighted by Crippen LogP contribution is 2.34. The molecular formula is C24H15ClF3NO4. The quantitative estimate of drug-likeness (QED) is 0.361. The molecule has 0 radical (unpaired) electrons. The molecular weight excluding hydrogens is 459 g/mol. The Kier molecular flexibility index (Phi) is 5.95. The first-order valence-electron chi connectivity index (χ1n) is 9.76. The van der Waals surface area contributed by atoms with E-state index in [4.69, 9.17) is 16.3 Å². The van der Waals surface area contributed by atoms with E-state index in [-0.39, 0.29) is 41.2 Å². The molecule has 9 heteroatoms. The molecule has 5 nitrogen and oxygen atoms in total. The maximum absolute atomic E-state index is 13.2. The summed E-state index contributed by atoms with van der Waals surface area (Å²) in [7, 11) is 0. The van der Waals surface area contributed by atoms with E-state index in [2.05, 4.69) is 0 Å². The van der Waals surface area contributed by atoms with E-state index in [9.17, 15) is 27.6 Å². The van der Waals surface area contributed by atoms with Crippen LogP contribution in [0.25, 0.3) is 0 Å². The predicted molar refractivity (Wildman–Crippen MR) is 114 cm³/mol. The Balaban J connectivity index is 1.56. The molecule has 0 aromatic heterocycles. The number of hydrogen-bond donors (Lipinski definition) is 0. The lowest BCUT2D eigenvalue weighted by atomic mass is 10.00. The van der Waals surface area contributed by atoms with E-state index >= 15 is 0 Å². The minimum atomic E-state index is -4.66. The number of alkyl halides is 3. The molecule has 3 aromatic rings. The molecule has 0 saturated heterocycles. The fourth-order valence-corrected chi connectivity index (χ4v) is 3.58. The molecule has 0 saturated carbocycles. The van der Waals surface area contributed by atoms with Crippen LogP contribution in [0.3, 0.4) is 0 Å². The predicted octanol–water partition coefficient (Wildman–Crippen LogP) is 5.26. The molecule has 0 atom stereocenters. The number of benzene rings is 3. The first-order valence-corrected chi connectivity index (χ1v) is 10.1. The summed E-state index contributed by atoms with van der Waals surface area (Å²) in [5.41, 5.74) is -0.628. The van der Waals surface area contributed by atoms with Crippen molar-refractivity contribution in [2.45, 2.75) is 6.18 Å². The zero-order valence-corrected chi connectivity index (χ0v) is 17.6. The summed E-state index contributed by atoms with van der Waals surface area (Å²) in [6.07, 6.45) is -4.66. The highest BCUT2D eigenvalue weighted by Gasteiger charge is 2.35. The third kappa shape index (κ3) is 4.47. The number of ether oxygens (including phenoxy) is 1. The van der Waals surface area contributed by atoms with Crippen molar-refractivity contribution in [3.63, 3.8) is 0 Å². The smallest absolute Gasteiger partial charge is 0.416 e. The molecule has 0 spiro atoms. The molecule has 33 heavy (non-hydrogen) atoms. The zero-order chi connectivity index (χ0) is 23.8. The Labute approximate surface area is 191 Å². The molecule has 1 heterocycles. The van der Waals surface area contributed by atoms with Crippen LogP contribution in [0, 0.1) is 0 Å². The van der Waals surface area contributed by atoms with E-state index in [1.807, 2.05) is 0 Å². The molecule has 0 bridgehead atoms. The first-order chi connectivity index (χ1) is 15.7. The number of carbonyl (C=O) groups is 3. The molecule has 0 unspecified atom stereocenters. The van der Waals surface area contributed by atoms with Crippen molar-refractivity contribution in [1.29, 1.82) is 0 Å². The summed E-state index contributed by atoms with van der Waals surface area (Å²) in [4.78, 5) is 38.8. The number of nitrogens with zero attached hydrogens (tertiary/aromatic N) is 1. The topological polar surface area (TPSA) is 63.7 Å². The number of carbonyl (C=O) groups excluding carboxylic acids is 3. The number of halogens is 4. The Morgan fingerprint density at radius 3 is 2.09 bits per heavy atom.